The van der Waals surface area contributed by atoms with E-state index >= 15 is 0 Å². The third-order valence-electron chi connectivity index (χ3n) is 7.98. The Morgan fingerprint density at radius 3 is 2.76 bits per heavy atom. The zero-order valence-electron chi connectivity index (χ0n) is 15.0. The predicted octanol–water partition coefficient (Wildman–Crippen LogP) is 3.62. The van der Waals surface area contributed by atoms with Gasteiger partial charge in [0.2, 0.25) is 0 Å². The molecule has 0 radical (unpaired) electrons. The summed E-state index contributed by atoms with van der Waals surface area (Å²) in [7, 11) is 0. The van der Waals surface area contributed by atoms with Crippen LogP contribution in [0.15, 0.2) is 22.8 Å². The zero-order valence-corrected chi connectivity index (χ0v) is 15.0. The highest BCUT2D eigenvalue weighted by atomic mass is 16.7. The molecule has 1 saturated heterocycles. The summed E-state index contributed by atoms with van der Waals surface area (Å²) in [5.74, 6) is 0.601. The molecule has 0 amide bonds. The van der Waals surface area contributed by atoms with E-state index in [4.69, 9.17) is 9.47 Å². The molecule has 5 rings (SSSR count). The first kappa shape index (κ1) is 16.1. The van der Waals surface area contributed by atoms with Gasteiger partial charge >= 0.3 is 0 Å². The van der Waals surface area contributed by atoms with Crippen LogP contribution < -0.4 is 0 Å². The number of fused-ring (bicyclic) bond motifs is 4. The van der Waals surface area contributed by atoms with Crippen molar-refractivity contribution >= 4 is 0 Å². The molecule has 4 aliphatic carbocycles. The van der Waals surface area contributed by atoms with Crippen molar-refractivity contribution in [3.8, 4) is 6.07 Å². The Kier molecular flexibility index (Phi) is 3.33. The van der Waals surface area contributed by atoms with Crippen molar-refractivity contribution in [2.24, 2.45) is 17.3 Å². The number of nitrogens with zero attached hydrogens (tertiary/aromatic N) is 1. The summed E-state index contributed by atoms with van der Waals surface area (Å²) >= 11 is 0. The zero-order chi connectivity index (χ0) is 17.3. The molecule has 2 fully saturated rings. The van der Waals surface area contributed by atoms with Gasteiger partial charge in [0.1, 0.15) is 0 Å². The summed E-state index contributed by atoms with van der Waals surface area (Å²) in [6, 6.07) is 2.25. The highest BCUT2D eigenvalue weighted by Gasteiger charge is 2.61. The van der Waals surface area contributed by atoms with Crippen LogP contribution in [0.4, 0.5) is 0 Å². The van der Waals surface area contributed by atoms with Gasteiger partial charge in [-0.3, -0.25) is 0 Å². The van der Waals surface area contributed by atoms with Crippen LogP contribution in [0.25, 0.3) is 0 Å². The first-order chi connectivity index (χ1) is 12.0. The molecule has 4 heteroatoms. The minimum Gasteiger partial charge on any atom is -0.375 e. The Balaban J connectivity index is 1.49. The van der Waals surface area contributed by atoms with E-state index in [9.17, 15) is 10.4 Å². The summed E-state index contributed by atoms with van der Waals surface area (Å²) in [6.07, 6.45) is 9.96. The fraction of sp³-hybridized carbons (Fsp3) is 0.762. The Hall–Kier alpha value is -1.15. The van der Waals surface area contributed by atoms with Gasteiger partial charge in [0.25, 0.3) is 0 Å². The van der Waals surface area contributed by atoms with Crippen molar-refractivity contribution in [2.45, 2.75) is 69.7 Å². The highest BCUT2D eigenvalue weighted by molar-refractivity contribution is 5.45. The molecular formula is C21H27NO3. The molecule has 5 aliphatic rings. The minimum atomic E-state index is -1.16. The number of nitriles is 1. The second-order valence-electron chi connectivity index (χ2n) is 8.91. The Morgan fingerprint density at radius 2 is 2.00 bits per heavy atom. The van der Waals surface area contributed by atoms with Crippen LogP contribution in [0.3, 0.4) is 0 Å². The Morgan fingerprint density at radius 1 is 1.20 bits per heavy atom. The van der Waals surface area contributed by atoms with Gasteiger partial charge in [-0.1, -0.05) is 18.6 Å². The third kappa shape index (κ3) is 2.04. The fourth-order valence-electron chi connectivity index (χ4n) is 6.49. The summed E-state index contributed by atoms with van der Waals surface area (Å²) in [5, 5.41) is 20.5. The van der Waals surface area contributed by atoms with Gasteiger partial charge in [0.15, 0.2) is 11.4 Å². The summed E-state index contributed by atoms with van der Waals surface area (Å²) < 4.78 is 11.9. The maximum Gasteiger partial charge on any atom is 0.172 e. The third-order valence-corrected chi connectivity index (χ3v) is 7.98. The van der Waals surface area contributed by atoms with Crippen LogP contribution in [0.2, 0.25) is 0 Å². The molecule has 1 spiro atoms. The molecule has 4 nitrogen and oxygen atoms in total. The molecule has 134 valence electrons. The topological polar surface area (TPSA) is 62.5 Å². The van der Waals surface area contributed by atoms with Crippen molar-refractivity contribution in [3.63, 3.8) is 0 Å². The second kappa shape index (κ2) is 5.19. The normalized spacial score (nSPS) is 44.8. The first-order valence-corrected chi connectivity index (χ1v) is 9.83. The Bertz CT molecular complexity index is 711. The minimum absolute atomic E-state index is 0.290. The summed E-state index contributed by atoms with van der Waals surface area (Å²) in [5.41, 5.74) is 3.17. The van der Waals surface area contributed by atoms with Crippen LogP contribution in [-0.2, 0) is 9.47 Å². The van der Waals surface area contributed by atoms with Crippen LogP contribution in [0, 0.1) is 28.6 Å². The van der Waals surface area contributed by atoms with Crippen LogP contribution in [-0.4, -0.2) is 29.7 Å². The van der Waals surface area contributed by atoms with Crippen molar-refractivity contribution in [2.75, 3.05) is 13.2 Å². The lowest BCUT2D eigenvalue weighted by atomic mass is 9.56. The van der Waals surface area contributed by atoms with Crippen LogP contribution in [0.1, 0.15) is 58.3 Å². The number of aliphatic hydroxyl groups is 1. The van der Waals surface area contributed by atoms with Gasteiger partial charge < -0.3 is 14.6 Å². The highest BCUT2D eigenvalue weighted by Crippen LogP contribution is 2.62. The molecule has 0 aromatic carbocycles. The lowest BCUT2D eigenvalue weighted by Crippen LogP contribution is -2.48. The van der Waals surface area contributed by atoms with E-state index < -0.39 is 5.60 Å². The molecular weight excluding hydrogens is 314 g/mol. The average Bonchev–Trinajstić information content (AvgIpc) is 3.18. The Labute approximate surface area is 149 Å². The van der Waals surface area contributed by atoms with E-state index in [1.54, 1.807) is 5.57 Å². The van der Waals surface area contributed by atoms with Gasteiger partial charge in [0, 0.05) is 18.3 Å². The molecule has 0 aromatic heterocycles. The number of ether oxygens (including phenoxy) is 2. The predicted molar refractivity (Wildman–Crippen MR) is 92.3 cm³/mol. The molecule has 1 N–H and O–H groups in total. The lowest BCUT2D eigenvalue weighted by molar-refractivity contribution is -0.164. The molecule has 1 aliphatic heterocycles. The number of rotatable bonds is 0. The van der Waals surface area contributed by atoms with E-state index in [1.807, 2.05) is 0 Å². The molecule has 25 heavy (non-hydrogen) atoms. The first-order valence-electron chi connectivity index (χ1n) is 9.83. The number of allylic oxidation sites excluding steroid dienone is 3. The maximum atomic E-state index is 10.9. The van der Waals surface area contributed by atoms with E-state index in [0.29, 0.717) is 18.3 Å². The monoisotopic (exact) mass is 341 g/mol. The van der Waals surface area contributed by atoms with Gasteiger partial charge in [-0.2, -0.15) is 5.26 Å². The van der Waals surface area contributed by atoms with Crippen molar-refractivity contribution in [3.05, 3.63) is 22.8 Å². The number of hydrogen-bond acceptors (Lipinski definition) is 4. The van der Waals surface area contributed by atoms with Crippen LogP contribution in [0.5, 0.6) is 0 Å². The molecule has 0 aromatic rings. The van der Waals surface area contributed by atoms with Crippen molar-refractivity contribution in [1.29, 1.82) is 5.26 Å². The SMILES string of the molecule is CC12CC=C3C4=C(CCC3C1CC[C@]2(O)C#N)CC1(CC4)OCCO1. The quantitative estimate of drug-likeness (QED) is 0.684. The molecule has 1 saturated carbocycles. The van der Waals surface area contributed by atoms with E-state index in [0.717, 1.165) is 58.2 Å². The summed E-state index contributed by atoms with van der Waals surface area (Å²) in [6.45, 7) is 3.59. The molecule has 3 unspecified atom stereocenters. The van der Waals surface area contributed by atoms with E-state index in [-0.39, 0.29) is 11.2 Å². The van der Waals surface area contributed by atoms with E-state index in [1.165, 1.54) is 11.1 Å². The van der Waals surface area contributed by atoms with Gasteiger partial charge in [0.05, 0.1) is 19.3 Å². The van der Waals surface area contributed by atoms with Gasteiger partial charge in [-0.25, -0.2) is 0 Å². The van der Waals surface area contributed by atoms with E-state index in [2.05, 4.69) is 19.1 Å². The standard InChI is InChI=1S/C21H27NO3/c1-19-7-4-16-15-5-9-21(24-10-11-25-21)12-14(15)2-3-17(16)18(19)6-8-20(19,23)13-22/h4,17-18,23H,2-3,5-12H2,1H3/t17?,18?,19?,20-/m0/s1. The summed E-state index contributed by atoms with van der Waals surface area (Å²) in [4.78, 5) is 0. The molecule has 0 bridgehead atoms. The second-order valence-corrected chi connectivity index (χ2v) is 8.91. The smallest absolute Gasteiger partial charge is 0.172 e. The maximum absolute atomic E-state index is 10.9. The van der Waals surface area contributed by atoms with Gasteiger partial charge in [-0.05, 0) is 61.5 Å². The number of hydrogen-bond donors (Lipinski definition) is 1. The molecule has 4 atom stereocenters. The average molecular weight is 341 g/mol. The lowest BCUT2D eigenvalue weighted by Gasteiger charge is -2.49. The molecule has 1 heterocycles. The fourth-order valence-corrected chi connectivity index (χ4v) is 6.49. The van der Waals surface area contributed by atoms with Gasteiger partial charge in [-0.15, -0.1) is 0 Å². The largest absolute Gasteiger partial charge is 0.375 e. The van der Waals surface area contributed by atoms with Crippen molar-refractivity contribution < 1.29 is 14.6 Å². The van der Waals surface area contributed by atoms with Crippen molar-refractivity contribution in [1.82, 2.24) is 0 Å². The van der Waals surface area contributed by atoms with Crippen LogP contribution >= 0.6 is 0 Å².